The molecule has 0 unspecified atom stereocenters. The van der Waals surface area contributed by atoms with Crippen molar-refractivity contribution in [3.05, 3.63) is 70.5 Å². The summed E-state index contributed by atoms with van der Waals surface area (Å²) in [4.78, 5) is 28.7. The molecule has 2 heterocycles. The Morgan fingerprint density at radius 2 is 1.92 bits per heavy atom. The van der Waals surface area contributed by atoms with Crippen molar-refractivity contribution < 1.29 is 9.18 Å². The highest BCUT2D eigenvalue weighted by atomic mass is 19.1. The second-order valence-electron chi connectivity index (χ2n) is 5.64. The first kappa shape index (κ1) is 17.5. The maximum atomic E-state index is 13.0. The average Bonchev–Trinajstić information content (AvgIpc) is 2.65. The van der Waals surface area contributed by atoms with Crippen LogP contribution in [0, 0.1) is 5.95 Å². The minimum Gasteiger partial charge on any atom is -0.349 e. The Hall–Kier alpha value is -3.35. The van der Waals surface area contributed by atoms with Gasteiger partial charge in [0.05, 0.1) is 17.4 Å². The lowest BCUT2D eigenvalue weighted by atomic mass is 10.0. The third-order valence-electron chi connectivity index (χ3n) is 3.85. The summed E-state index contributed by atoms with van der Waals surface area (Å²) in [5, 5.41) is 7.28. The molecular formula is C19H17FN4O2. The van der Waals surface area contributed by atoms with Crippen LogP contribution in [0.2, 0.25) is 0 Å². The fourth-order valence-corrected chi connectivity index (χ4v) is 2.64. The van der Waals surface area contributed by atoms with Gasteiger partial charge in [-0.25, -0.2) is 9.67 Å². The van der Waals surface area contributed by atoms with Crippen molar-refractivity contribution in [3.8, 4) is 11.3 Å². The van der Waals surface area contributed by atoms with E-state index < -0.39 is 11.5 Å². The van der Waals surface area contributed by atoms with Gasteiger partial charge in [0, 0.05) is 12.1 Å². The van der Waals surface area contributed by atoms with Crippen LogP contribution in [0.1, 0.15) is 24.2 Å². The van der Waals surface area contributed by atoms with Crippen LogP contribution in [0.3, 0.4) is 0 Å². The molecule has 1 N–H and O–H groups in total. The second kappa shape index (κ2) is 7.26. The van der Waals surface area contributed by atoms with E-state index in [1.807, 2.05) is 30.3 Å². The van der Waals surface area contributed by atoms with Gasteiger partial charge in [0.2, 0.25) is 5.95 Å². The molecule has 3 rings (SSSR count). The molecular weight excluding hydrogens is 335 g/mol. The number of benzene rings is 1. The van der Waals surface area contributed by atoms with Crippen LogP contribution < -0.4 is 10.9 Å². The molecule has 0 aliphatic rings. The molecule has 0 bridgehead atoms. The van der Waals surface area contributed by atoms with Gasteiger partial charge in [-0.1, -0.05) is 30.3 Å². The lowest BCUT2D eigenvalue weighted by Crippen LogP contribution is -2.28. The minimum atomic E-state index is -0.631. The number of rotatable bonds is 5. The van der Waals surface area contributed by atoms with Crippen LogP contribution in [0.5, 0.6) is 0 Å². The number of hydrogen-bond donors (Lipinski definition) is 1. The van der Waals surface area contributed by atoms with E-state index in [0.717, 1.165) is 5.56 Å². The SMILES string of the molecule is CCn1nc(-c2ccccc2)c(C(C)=O)c(Nc2ccc(F)nc2)c1=O. The summed E-state index contributed by atoms with van der Waals surface area (Å²) in [6, 6.07) is 11.8. The first-order valence-corrected chi connectivity index (χ1v) is 8.11. The third kappa shape index (κ3) is 3.37. The van der Waals surface area contributed by atoms with E-state index in [4.69, 9.17) is 0 Å². The quantitative estimate of drug-likeness (QED) is 0.562. The molecule has 0 aliphatic carbocycles. The van der Waals surface area contributed by atoms with Crippen LogP contribution in [-0.4, -0.2) is 20.5 Å². The highest BCUT2D eigenvalue weighted by Gasteiger charge is 2.21. The molecule has 0 spiro atoms. The number of anilines is 2. The monoisotopic (exact) mass is 352 g/mol. The molecule has 3 aromatic rings. The molecule has 7 heteroatoms. The van der Waals surface area contributed by atoms with E-state index in [1.165, 1.54) is 29.9 Å². The zero-order chi connectivity index (χ0) is 18.7. The molecule has 132 valence electrons. The summed E-state index contributed by atoms with van der Waals surface area (Å²) in [7, 11) is 0. The molecule has 0 fully saturated rings. The number of carbonyl (C=O) groups is 1. The van der Waals surface area contributed by atoms with Gasteiger partial charge in [-0.15, -0.1) is 0 Å². The summed E-state index contributed by atoms with van der Waals surface area (Å²) in [5.74, 6) is -0.928. The van der Waals surface area contributed by atoms with Crippen molar-refractivity contribution >= 4 is 17.2 Å². The first-order valence-electron chi connectivity index (χ1n) is 8.11. The third-order valence-corrected chi connectivity index (χ3v) is 3.85. The predicted octanol–water partition coefficient (Wildman–Crippen LogP) is 3.41. The van der Waals surface area contributed by atoms with Crippen molar-refractivity contribution in [3.63, 3.8) is 0 Å². The lowest BCUT2D eigenvalue weighted by molar-refractivity contribution is 0.101. The Labute approximate surface area is 149 Å². The summed E-state index contributed by atoms with van der Waals surface area (Å²) in [5.41, 5.74) is 1.40. The van der Waals surface area contributed by atoms with Gasteiger partial charge >= 0.3 is 0 Å². The largest absolute Gasteiger partial charge is 0.349 e. The van der Waals surface area contributed by atoms with Gasteiger partial charge in [-0.05, 0) is 26.0 Å². The summed E-state index contributed by atoms with van der Waals surface area (Å²) in [6.45, 7) is 3.51. The number of aromatic nitrogens is 3. The number of ketones is 1. The van der Waals surface area contributed by atoms with Crippen LogP contribution in [0.25, 0.3) is 11.3 Å². The number of halogens is 1. The summed E-state index contributed by atoms with van der Waals surface area (Å²) in [6.07, 6.45) is 1.26. The molecule has 0 radical (unpaired) electrons. The molecule has 0 amide bonds. The molecule has 1 aromatic carbocycles. The van der Waals surface area contributed by atoms with Crippen molar-refractivity contribution in [1.29, 1.82) is 0 Å². The van der Waals surface area contributed by atoms with Gasteiger partial charge in [-0.3, -0.25) is 9.59 Å². The van der Waals surface area contributed by atoms with Crippen molar-refractivity contribution in [1.82, 2.24) is 14.8 Å². The number of aryl methyl sites for hydroxylation is 1. The van der Waals surface area contributed by atoms with E-state index in [1.54, 1.807) is 6.92 Å². The predicted molar refractivity (Wildman–Crippen MR) is 97.1 cm³/mol. The summed E-state index contributed by atoms with van der Waals surface area (Å²) < 4.78 is 14.3. The number of Topliss-reactive ketones (excluding diaryl/α,β-unsaturated/α-hetero) is 1. The van der Waals surface area contributed by atoms with Crippen LogP contribution in [0.4, 0.5) is 15.8 Å². The highest BCUT2D eigenvalue weighted by molar-refractivity contribution is 6.05. The zero-order valence-corrected chi connectivity index (χ0v) is 14.4. The Kier molecular flexibility index (Phi) is 4.88. The number of nitrogens with zero attached hydrogens (tertiary/aromatic N) is 3. The van der Waals surface area contributed by atoms with Crippen LogP contribution in [-0.2, 0) is 6.54 Å². The molecule has 6 nitrogen and oxygen atoms in total. The van der Waals surface area contributed by atoms with E-state index in [2.05, 4.69) is 15.4 Å². The molecule has 0 aliphatic heterocycles. The molecule has 2 aromatic heterocycles. The van der Waals surface area contributed by atoms with Crippen molar-refractivity contribution in [2.45, 2.75) is 20.4 Å². The van der Waals surface area contributed by atoms with Gasteiger partial charge in [0.25, 0.3) is 5.56 Å². The highest BCUT2D eigenvalue weighted by Crippen LogP contribution is 2.27. The Morgan fingerprint density at radius 1 is 1.19 bits per heavy atom. The molecule has 0 atom stereocenters. The Balaban J connectivity index is 2.25. The standard InChI is InChI=1S/C19H17FN4O2/c1-3-24-19(26)18(22-14-9-10-15(20)21-11-14)16(12(2)25)17(23-24)13-7-5-4-6-8-13/h4-11,22H,3H2,1-2H3. The van der Waals surface area contributed by atoms with Crippen molar-refractivity contribution in [2.24, 2.45) is 0 Å². The maximum absolute atomic E-state index is 13.0. The van der Waals surface area contributed by atoms with Crippen molar-refractivity contribution in [2.75, 3.05) is 5.32 Å². The first-order chi connectivity index (χ1) is 12.5. The average molecular weight is 352 g/mol. The Bertz CT molecular complexity index is 999. The number of nitrogens with one attached hydrogen (secondary N) is 1. The maximum Gasteiger partial charge on any atom is 0.291 e. The topological polar surface area (TPSA) is 76.9 Å². The minimum absolute atomic E-state index is 0.0987. The zero-order valence-electron chi connectivity index (χ0n) is 14.4. The van der Waals surface area contributed by atoms with Gasteiger partial charge in [0.15, 0.2) is 5.78 Å². The molecule has 0 saturated heterocycles. The van der Waals surface area contributed by atoms with Gasteiger partial charge in [0.1, 0.15) is 11.4 Å². The Morgan fingerprint density at radius 3 is 2.50 bits per heavy atom. The summed E-state index contributed by atoms with van der Waals surface area (Å²) >= 11 is 0. The lowest BCUT2D eigenvalue weighted by Gasteiger charge is -2.16. The van der Waals surface area contributed by atoms with E-state index in [0.29, 0.717) is 17.9 Å². The number of carbonyl (C=O) groups excluding carboxylic acids is 1. The fourth-order valence-electron chi connectivity index (χ4n) is 2.64. The van der Waals surface area contributed by atoms with E-state index in [-0.39, 0.29) is 17.0 Å². The number of pyridine rings is 1. The molecule has 26 heavy (non-hydrogen) atoms. The van der Waals surface area contributed by atoms with E-state index >= 15 is 0 Å². The van der Waals surface area contributed by atoms with Crippen LogP contribution >= 0.6 is 0 Å². The van der Waals surface area contributed by atoms with Crippen LogP contribution in [0.15, 0.2) is 53.5 Å². The number of hydrogen-bond acceptors (Lipinski definition) is 5. The van der Waals surface area contributed by atoms with Gasteiger partial charge < -0.3 is 5.32 Å². The van der Waals surface area contributed by atoms with Gasteiger partial charge in [-0.2, -0.15) is 9.49 Å². The smallest absolute Gasteiger partial charge is 0.291 e. The normalized spacial score (nSPS) is 10.6. The van der Waals surface area contributed by atoms with E-state index in [9.17, 15) is 14.0 Å². The molecule has 0 saturated carbocycles. The fraction of sp³-hybridized carbons (Fsp3) is 0.158. The second-order valence-corrected chi connectivity index (χ2v) is 5.64.